The molecule has 29 heavy (non-hydrogen) atoms. The SMILES string of the molecule is COc1cccc(NC(=O)CN2C(=O)N[C@H](Cc3c[nH]c4ccccc34)C2=O)c1. The molecule has 0 saturated carbocycles. The molecule has 4 rings (SSSR count). The number of aromatic amines is 1. The molecule has 0 bridgehead atoms. The third-order valence-corrected chi connectivity index (χ3v) is 4.86. The lowest BCUT2D eigenvalue weighted by Crippen LogP contribution is -2.38. The second-order valence-corrected chi connectivity index (χ2v) is 6.77. The van der Waals surface area contributed by atoms with Crippen molar-refractivity contribution in [2.75, 3.05) is 19.0 Å². The van der Waals surface area contributed by atoms with Crippen molar-refractivity contribution < 1.29 is 19.1 Å². The summed E-state index contributed by atoms with van der Waals surface area (Å²) >= 11 is 0. The van der Waals surface area contributed by atoms with Crippen LogP contribution in [0.4, 0.5) is 10.5 Å². The monoisotopic (exact) mass is 392 g/mol. The average Bonchev–Trinajstić information content (AvgIpc) is 3.24. The van der Waals surface area contributed by atoms with E-state index in [1.807, 2.05) is 30.5 Å². The van der Waals surface area contributed by atoms with Gasteiger partial charge in [0, 0.05) is 35.3 Å². The number of H-pyrrole nitrogens is 1. The first-order chi connectivity index (χ1) is 14.0. The molecule has 148 valence electrons. The van der Waals surface area contributed by atoms with Crippen LogP contribution < -0.4 is 15.4 Å². The fraction of sp³-hybridized carbons (Fsp3) is 0.190. The number of nitrogens with zero attached hydrogens (tertiary/aromatic N) is 1. The van der Waals surface area contributed by atoms with Crippen molar-refractivity contribution >= 4 is 34.4 Å². The third-order valence-electron chi connectivity index (χ3n) is 4.86. The van der Waals surface area contributed by atoms with E-state index >= 15 is 0 Å². The lowest BCUT2D eigenvalue weighted by Gasteiger charge is -2.13. The summed E-state index contributed by atoms with van der Waals surface area (Å²) in [5.41, 5.74) is 2.42. The first-order valence-electron chi connectivity index (χ1n) is 9.16. The number of carbonyl (C=O) groups is 3. The molecule has 2 heterocycles. The van der Waals surface area contributed by atoms with Crippen LogP contribution in [0.15, 0.2) is 54.7 Å². The first-order valence-corrected chi connectivity index (χ1v) is 9.16. The molecule has 2 aromatic carbocycles. The molecule has 4 amide bonds. The molecular formula is C21H20N4O4. The van der Waals surface area contributed by atoms with Crippen LogP contribution in [0.5, 0.6) is 5.75 Å². The number of hydrogen-bond acceptors (Lipinski definition) is 4. The van der Waals surface area contributed by atoms with Crippen molar-refractivity contribution in [3.63, 3.8) is 0 Å². The smallest absolute Gasteiger partial charge is 0.325 e. The summed E-state index contributed by atoms with van der Waals surface area (Å²) in [5, 5.41) is 6.34. The zero-order valence-corrected chi connectivity index (χ0v) is 15.8. The summed E-state index contributed by atoms with van der Waals surface area (Å²) in [6, 6.07) is 13.3. The lowest BCUT2D eigenvalue weighted by molar-refractivity contribution is -0.130. The molecule has 3 N–H and O–H groups in total. The highest BCUT2D eigenvalue weighted by molar-refractivity contribution is 6.08. The molecule has 1 atom stereocenters. The van der Waals surface area contributed by atoms with Crippen molar-refractivity contribution in [3.05, 3.63) is 60.3 Å². The topological polar surface area (TPSA) is 104 Å². The zero-order chi connectivity index (χ0) is 20.4. The maximum atomic E-state index is 12.7. The summed E-state index contributed by atoms with van der Waals surface area (Å²) in [7, 11) is 1.53. The number of carbonyl (C=O) groups excluding carboxylic acids is 3. The van der Waals surface area contributed by atoms with Gasteiger partial charge in [0.05, 0.1) is 7.11 Å². The van der Waals surface area contributed by atoms with E-state index in [0.717, 1.165) is 21.4 Å². The Kier molecular flexibility index (Phi) is 4.90. The first kappa shape index (κ1) is 18.5. The minimum Gasteiger partial charge on any atom is -0.497 e. The van der Waals surface area contributed by atoms with Gasteiger partial charge in [0.2, 0.25) is 5.91 Å². The van der Waals surface area contributed by atoms with E-state index < -0.39 is 23.9 Å². The summed E-state index contributed by atoms with van der Waals surface area (Å²) in [4.78, 5) is 41.4. The van der Waals surface area contributed by atoms with E-state index in [1.54, 1.807) is 24.3 Å². The van der Waals surface area contributed by atoms with Crippen LogP contribution in [0.2, 0.25) is 0 Å². The van der Waals surface area contributed by atoms with Crippen molar-refractivity contribution in [2.45, 2.75) is 12.5 Å². The van der Waals surface area contributed by atoms with Gasteiger partial charge in [0.1, 0.15) is 18.3 Å². The van der Waals surface area contributed by atoms with Gasteiger partial charge in [0.15, 0.2) is 0 Å². The summed E-state index contributed by atoms with van der Waals surface area (Å²) in [6.45, 7) is -0.355. The molecule has 1 aromatic heterocycles. The van der Waals surface area contributed by atoms with Gasteiger partial charge in [-0.1, -0.05) is 24.3 Å². The van der Waals surface area contributed by atoms with Crippen LogP contribution in [0.25, 0.3) is 10.9 Å². The zero-order valence-electron chi connectivity index (χ0n) is 15.8. The fourth-order valence-corrected chi connectivity index (χ4v) is 3.43. The van der Waals surface area contributed by atoms with Crippen LogP contribution in [-0.2, 0) is 16.0 Å². The number of aromatic nitrogens is 1. The van der Waals surface area contributed by atoms with Crippen molar-refractivity contribution in [3.8, 4) is 5.75 Å². The predicted molar refractivity (Wildman–Crippen MR) is 108 cm³/mol. The van der Waals surface area contributed by atoms with Crippen LogP contribution in [0.1, 0.15) is 5.56 Å². The van der Waals surface area contributed by atoms with Crippen LogP contribution >= 0.6 is 0 Å². The van der Waals surface area contributed by atoms with Crippen LogP contribution in [0, 0.1) is 0 Å². The minimum atomic E-state index is -0.702. The summed E-state index contributed by atoms with van der Waals surface area (Å²) in [6.07, 6.45) is 2.19. The number of fused-ring (bicyclic) bond motifs is 1. The molecule has 8 nitrogen and oxygen atoms in total. The fourth-order valence-electron chi connectivity index (χ4n) is 3.43. The lowest BCUT2D eigenvalue weighted by atomic mass is 10.1. The van der Waals surface area contributed by atoms with Gasteiger partial charge < -0.3 is 20.4 Å². The summed E-state index contributed by atoms with van der Waals surface area (Å²) in [5.74, 6) is -0.285. The Morgan fingerprint density at radius 1 is 1.17 bits per heavy atom. The van der Waals surface area contributed by atoms with Gasteiger partial charge in [-0.3, -0.25) is 14.5 Å². The number of urea groups is 1. The molecule has 1 fully saturated rings. The number of anilines is 1. The number of para-hydroxylation sites is 1. The second kappa shape index (κ2) is 7.67. The normalized spacial score (nSPS) is 16.2. The quantitative estimate of drug-likeness (QED) is 0.560. The van der Waals surface area contributed by atoms with Gasteiger partial charge in [-0.2, -0.15) is 0 Å². The van der Waals surface area contributed by atoms with E-state index in [2.05, 4.69) is 15.6 Å². The third kappa shape index (κ3) is 3.77. The van der Waals surface area contributed by atoms with Crippen LogP contribution in [0.3, 0.4) is 0 Å². The highest BCUT2D eigenvalue weighted by Gasteiger charge is 2.39. The Hall–Kier alpha value is -3.81. The number of amides is 4. The maximum Gasteiger partial charge on any atom is 0.325 e. The Labute approximate surface area is 166 Å². The number of imide groups is 1. The van der Waals surface area contributed by atoms with E-state index in [1.165, 1.54) is 7.11 Å². The molecule has 1 aliphatic rings. The highest BCUT2D eigenvalue weighted by Crippen LogP contribution is 2.21. The number of ether oxygens (including phenoxy) is 1. The average molecular weight is 392 g/mol. The van der Waals surface area contributed by atoms with E-state index in [4.69, 9.17) is 4.74 Å². The molecular weight excluding hydrogens is 372 g/mol. The number of rotatable bonds is 6. The maximum absolute atomic E-state index is 12.7. The van der Waals surface area contributed by atoms with Gasteiger partial charge in [-0.05, 0) is 23.8 Å². The largest absolute Gasteiger partial charge is 0.497 e. The standard InChI is InChI=1S/C21H20N4O4/c1-29-15-6-4-5-14(10-15)23-19(26)12-25-20(27)18(24-21(25)28)9-13-11-22-17-8-3-2-7-16(13)17/h2-8,10-11,18,22H,9,12H2,1H3,(H,23,26)(H,24,28)/t18-/m1/s1. The van der Waals surface area contributed by atoms with E-state index in [9.17, 15) is 14.4 Å². The van der Waals surface area contributed by atoms with Gasteiger partial charge >= 0.3 is 6.03 Å². The number of hydrogen-bond donors (Lipinski definition) is 3. The predicted octanol–water partition coefficient (Wildman–Crippen LogP) is 2.28. The Morgan fingerprint density at radius 3 is 2.83 bits per heavy atom. The van der Waals surface area contributed by atoms with Gasteiger partial charge in [-0.25, -0.2) is 4.79 Å². The minimum absolute atomic E-state index is 0.350. The van der Waals surface area contributed by atoms with Crippen molar-refractivity contribution in [2.24, 2.45) is 0 Å². The van der Waals surface area contributed by atoms with Gasteiger partial charge in [0.25, 0.3) is 5.91 Å². The molecule has 0 aliphatic carbocycles. The molecule has 1 saturated heterocycles. The molecule has 0 unspecified atom stereocenters. The van der Waals surface area contributed by atoms with Crippen molar-refractivity contribution in [1.29, 1.82) is 0 Å². The molecule has 0 radical (unpaired) electrons. The number of benzene rings is 2. The van der Waals surface area contributed by atoms with E-state index in [0.29, 0.717) is 17.9 Å². The Bertz CT molecular complexity index is 1090. The molecule has 1 aliphatic heterocycles. The highest BCUT2D eigenvalue weighted by atomic mass is 16.5. The molecule has 0 spiro atoms. The Morgan fingerprint density at radius 2 is 2.00 bits per heavy atom. The Balaban J connectivity index is 1.42. The van der Waals surface area contributed by atoms with Crippen LogP contribution in [-0.4, -0.2) is 47.4 Å². The van der Waals surface area contributed by atoms with Crippen molar-refractivity contribution in [1.82, 2.24) is 15.2 Å². The number of nitrogens with one attached hydrogen (secondary N) is 3. The number of methoxy groups -OCH3 is 1. The molecule has 8 heteroatoms. The van der Waals surface area contributed by atoms with Gasteiger partial charge in [-0.15, -0.1) is 0 Å². The summed E-state index contributed by atoms with van der Waals surface area (Å²) < 4.78 is 5.12. The van der Waals surface area contributed by atoms with E-state index in [-0.39, 0.29) is 6.54 Å². The molecule has 3 aromatic rings. The second-order valence-electron chi connectivity index (χ2n) is 6.77.